The normalized spacial score (nSPS) is 15.8. The highest BCUT2D eigenvalue weighted by Crippen LogP contribution is 2.26. The molecule has 9 nitrogen and oxygen atoms in total. The zero-order valence-electron chi connectivity index (χ0n) is 15.9. The van der Waals surface area contributed by atoms with E-state index in [-0.39, 0.29) is 29.9 Å². The Morgan fingerprint density at radius 2 is 2.00 bits per heavy atom. The zero-order chi connectivity index (χ0) is 20.4. The molecule has 1 aromatic carbocycles. The number of hydrogen-bond acceptors (Lipinski definition) is 6. The molecule has 0 unspecified atom stereocenters. The van der Waals surface area contributed by atoms with E-state index in [1.807, 2.05) is 6.92 Å². The van der Waals surface area contributed by atoms with Crippen LogP contribution in [0.15, 0.2) is 30.5 Å². The van der Waals surface area contributed by atoms with Crippen LogP contribution >= 0.6 is 0 Å². The highest BCUT2D eigenvalue weighted by molar-refractivity contribution is 6.06. The summed E-state index contributed by atoms with van der Waals surface area (Å²) in [6, 6.07) is 6.70. The van der Waals surface area contributed by atoms with Gasteiger partial charge in [-0.25, -0.2) is 4.98 Å². The third-order valence-corrected chi connectivity index (χ3v) is 4.75. The molecule has 150 valence electrons. The van der Waals surface area contributed by atoms with E-state index in [9.17, 15) is 14.4 Å². The number of pyridine rings is 1. The van der Waals surface area contributed by atoms with E-state index in [0.717, 1.165) is 5.56 Å². The Balaban J connectivity index is 1.52. The quantitative estimate of drug-likeness (QED) is 0.813. The van der Waals surface area contributed by atoms with Crippen molar-refractivity contribution in [3.63, 3.8) is 0 Å². The fraction of sp³-hybridized carbons (Fsp3) is 0.300. The summed E-state index contributed by atoms with van der Waals surface area (Å²) in [5.74, 6) is -0.525. The lowest BCUT2D eigenvalue weighted by Gasteiger charge is -2.27. The van der Waals surface area contributed by atoms with Crippen LogP contribution in [0.25, 0.3) is 0 Å². The molecular formula is C20H20N4O5. The molecular weight excluding hydrogens is 376 g/mol. The van der Waals surface area contributed by atoms with Gasteiger partial charge in [0.25, 0.3) is 17.7 Å². The predicted octanol–water partition coefficient (Wildman–Crippen LogP) is 1.45. The maximum Gasteiger partial charge on any atom is 0.262 e. The third-order valence-electron chi connectivity index (χ3n) is 4.75. The number of carbonyl (C=O) groups is 3. The first kappa shape index (κ1) is 18.9. The second-order valence-electron chi connectivity index (χ2n) is 6.80. The molecule has 2 aliphatic rings. The summed E-state index contributed by atoms with van der Waals surface area (Å²) in [5, 5.41) is 5.39. The highest BCUT2D eigenvalue weighted by atomic mass is 16.5. The molecule has 2 aromatic rings. The molecule has 1 saturated heterocycles. The van der Waals surface area contributed by atoms with Crippen LogP contribution in [0.5, 0.6) is 5.88 Å². The van der Waals surface area contributed by atoms with Crippen molar-refractivity contribution in [1.82, 2.24) is 9.88 Å². The van der Waals surface area contributed by atoms with Crippen LogP contribution < -0.4 is 15.4 Å². The number of aryl methyl sites for hydroxylation is 1. The van der Waals surface area contributed by atoms with Crippen LogP contribution in [0.4, 0.5) is 11.4 Å². The molecule has 4 rings (SSSR count). The van der Waals surface area contributed by atoms with Gasteiger partial charge >= 0.3 is 0 Å². The standard InChI is InChI=1S/C20H20N4O5/c1-12-2-3-14(9-15(12)20(27)24-4-6-28-7-5-24)22-18(26)13-8-16-19(21-10-13)29-11-17(25)23-16/h2-3,8-10H,4-7,11H2,1H3,(H,22,26)(H,23,25). The number of rotatable bonds is 3. The molecule has 0 radical (unpaired) electrons. The van der Waals surface area contributed by atoms with Crippen molar-refractivity contribution < 1.29 is 23.9 Å². The van der Waals surface area contributed by atoms with Crippen LogP contribution in [0.1, 0.15) is 26.3 Å². The summed E-state index contributed by atoms with van der Waals surface area (Å²) in [4.78, 5) is 42.7. The number of morpholine rings is 1. The molecule has 9 heteroatoms. The van der Waals surface area contributed by atoms with Crippen molar-refractivity contribution in [2.75, 3.05) is 43.5 Å². The number of anilines is 2. The number of nitrogens with one attached hydrogen (secondary N) is 2. The molecule has 0 spiro atoms. The second kappa shape index (κ2) is 7.88. The molecule has 0 atom stereocenters. The SMILES string of the molecule is Cc1ccc(NC(=O)c2cnc3c(c2)NC(=O)CO3)cc1C(=O)N1CCOCC1. The van der Waals surface area contributed by atoms with E-state index in [4.69, 9.17) is 9.47 Å². The van der Waals surface area contributed by atoms with Crippen LogP contribution in [0, 0.1) is 6.92 Å². The van der Waals surface area contributed by atoms with Crippen molar-refractivity contribution in [2.45, 2.75) is 6.92 Å². The molecule has 0 saturated carbocycles. The van der Waals surface area contributed by atoms with Gasteiger partial charge in [-0.1, -0.05) is 6.07 Å². The number of fused-ring (bicyclic) bond motifs is 1. The van der Waals surface area contributed by atoms with E-state index in [2.05, 4.69) is 15.6 Å². The lowest BCUT2D eigenvalue weighted by atomic mass is 10.1. The van der Waals surface area contributed by atoms with Gasteiger partial charge in [0.05, 0.1) is 18.8 Å². The third kappa shape index (κ3) is 4.04. The van der Waals surface area contributed by atoms with Crippen LogP contribution in [-0.2, 0) is 9.53 Å². The van der Waals surface area contributed by atoms with Crippen LogP contribution in [-0.4, -0.2) is 60.5 Å². The van der Waals surface area contributed by atoms with Gasteiger partial charge in [-0.05, 0) is 30.7 Å². The zero-order valence-corrected chi connectivity index (χ0v) is 15.9. The van der Waals surface area contributed by atoms with Crippen molar-refractivity contribution in [3.8, 4) is 5.88 Å². The van der Waals surface area contributed by atoms with E-state index < -0.39 is 5.91 Å². The molecule has 3 heterocycles. The molecule has 0 bridgehead atoms. The number of benzene rings is 1. The Hall–Kier alpha value is -3.46. The highest BCUT2D eigenvalue weighted by Gasteiger charge is 2.22. The van der Waals surface area contributed by atoms with Crippen molar-refractivity contribution in [2.24, 2.45) is 0 Å². The largest absolute Gasteiger partial charge is 0.466 e. The summed E-state index contributed by atoms with van der Waals surface area (Å²) in [6.45, 7) is 3.89. The molecule has 2 aliphatic heterocycles. The van der Waals surface area contributed by atoms with E-state index in [0.29, 0.717) is 43.2 Å². The number of carbonyl (C=O) groups excluding carboxylic acids is 3. The van der Waals surface area contributed by atoms with Gasteiger partial charge < -0.3 is 25.0 Å². The molecule has 2 N–H and O–H groups in total. The van der Waals surface area contributed by atoms with Gasteiger partial charge in [0.2, 0.25) is 5.88 Å². The molecule has 3 amide bonds. The van der Waals surface area contributed by atoms with Gasteiger partial charge in [-0.3, -0.25) is 14.4 Å². The molecule has 1 aromatic heterocycles. The number of aromatic nitrogens is 1. The van der Waals surface area contributed by atoms with Gasteiger partial charge in [0, 0.05) is 30.5 Å². The molecule has 1 fully saturated rings. The fourth-order valence-corrected chi connectivity index (χ4v) is 3.17. The van der Waals surface area contributed by atoms with Crippen molar-refractivity contribution in [1.29, 1.82) is 0 Å². The predicted molar refractivity (Wildman–Crippen MR) is 104 cm³/mol. The summed E-state index contributed by atoms with van der Waals surface area (Å²) in [5.41, 5.74) is 2.47. The number of hydrogen-bond donors (Lipinski definition) is 2. The second-order valence-corrected chi connectivity index (χ2v) is 6.80. The monoisotopic (exact) mass is 396 g/mol. The number of nitrogens with zero attached hydrogens (tertiary/aromatic N) is 2. The summed E-state index contributed by atoms with van der Waals surface area (Å²) in [7, 11) is 0. The first-order valence-electron chi connectivity index (χ1n) is 9.23. The average Bonchev–Trinajstić information content (AvgIpc) is 2.74. The van der Waals surface area contributed by atoms with E-state index in [1.165, 1.54) is 12.3 Å². The number of ether oxygens (including phenoxy) is 2. The lowest BCUT2D eigenvalue weighted by molar-refractivity contribution is -0.118. The minimum absolute atomic E-state index is 0.0859. The van der Waals surface area contributed by atoms with Crippen LogP contribution in [0.3, 0.4) is 0 Å². The molecule has 29 heavy (non-hydrogen) atoms. The van der Waals surface area contributed by atoms with E-state index >= 15 is 0 Å². The minimum atomic E-state index is -0.409. The first-order valence-corrected chi connectivity index (χ1v) is 9.23. The topological polar surface area (TPSA) is 110 Å². The van der Waals surface area contributed by atoms with Crippen molar-refractivity contribution >= 4 is 29.1 Å². The Morgan fingerprint density at radius 1 is 1.21 bits per heavy atom. The number of amides is 3. The summed E-state index contributed by atoms with van der Waals surface area (Å²) in [6.07, 6.45) is 1.37. The fourth-order valence-electron chi connectivity index (χ4n) is 3.17. The van der Waals surface area contributed by atoms with Gasteiger partial charge in [-0.15, -0.1) is 0 Å². The average molecular weight is 396 g/mol. The smallest absolute Gasteiger partial charge is 0.262 e. The minimum Gasteiger partial charge on any atom is -0.466 e. The Labute approximate surface area is 167 Å². The van der Waals surface area contributed by atoms with Gasteiger partial charge in [0.1, 0.15) is 5.69 Å². The Bertz CT molecular complexity index is 985. The van der Waals surface area contributed by atoms with Crippen molar-refractivity contribution in [3.05, 3.63) is 47.2 Å². The summed E-state index contributed by atoms with van der Waals surface area (Å²) >= 11 is 0. The van der Waals surface area contributed by atoms with Gasteiger partial charge in [0.15, 0.2) is 6.61 Å². The van der Waals surface area contributed by atoms with Gasteiger partial charge in [-0.2, -0.15) is 0 Å². The maximum atomic E-state index is 12.8. The Morgan fingerprint density at radius 3 is 2.79 bits per heavy atom. The maximum absolute atomic E-state index is 12.8. The lowest BCUT2D eigenvalue weighted by Crippen LogP contribution is -2.41. The summed E-state index contributed by atoms with van der Waals surface area (Å²) < 4.78 is 10.5. The van der Waals surface area contributed by atoms with Crippen LogP contribution in [0.2, 0.25) is 0 Å². The van der Waals surface area contributed by atoms with E-state index in [1.54, 1.807) is 23.1 Å². The first-order chi connectivity index (χ1) is 14.0. The Kier molecular flexibility index (Phi) is 5.13. The molecule has 0 aliphatic carbocycles.